The van der Waals surface area contributed by atoms with Gasteiger partial charge >= 0.3 is 0 Å². The lowest BCUT2D eigenvalue weighted by Crippen LogP contribution is -2.27. The third kappa shape index (κ3) is 5.43. The number of thioether (sulfide) groups is 1. The monoisotopic (exact) mass is 497 g/mol. The first-order chi connectivity index (χ1) is 16.5. The Balaban J connectivity index is 1.52. The molecule has 34 heavy (non-hydrogen) atoms. The highest BCUT2D eigenvalue weighted by atomic mass is 35.5. The number of hydrogen-bond donors (Lipinski definition) is 0. The average molecular weight is 498 g/mol. The number of nitrogens with zero attached hydrogens (tertiary/aromatic N) is 1. The molecule has 0 saturated carbocycles. The zero-order valence-electron chi connectivity index (χ0n) is 18.3. The number of halogens is 2. The Bertz CT molecular complexity index is 1230. The van der Waals surface area contributed by atoms with Crippen LogP contribution in [0.5, 0.6) is 11.5 Å². The van der Waals surface area contributed by atoms with Crippen LogP contribution in [0.1, 0.15) is 23.6 Å². The van der Waals surface area contributed by atoms with Crippen LogP contribution in [0, 0.1) is 5.82 Å². The van der Waals surface area contributed by atoms with Crippen molar-refractivity contribution in [3.8, 4) is 11.5 Å². The van der Waals surface area contributed by atoms with Crippen molar-refractivity contribution in [1.82, 2.24) is 4.90 Å². The third-order valence-electron chi connectivity index (χ3n) is 5.06. The van der Waals surface area contributed by atoms with E-state index in [1.54, 1.807) is 30.3 Å². The quantitative estimate of drug-likeness (QED) is 0.324. The Morgan fingerprint density at radius 1 is 1.00 bits per heavy atom. The van der Waals surface area contributed by atoms with Crippen LogP contribution in [0.15, 0.2) is 71.6 Å². The Morgan fingerprint density at radius 2 is 1.79 bits per heavy atom. The number of carbonyl (C=O) groups excluding carboxylic acids is 2. The fourth-order valence-corrected chi connectivity index (χ4v) is 4.43. The number of rotatable bonds is 8. The molecule has 8 heteroatoms. The van der Waals surface area contributed by atoms with Crippen LogP contribution in [-0.4, -0.2) is 22.7 Å². The standard InChI is InChI=1S/C26H21ClFNO4S/c1-2-32-23-13-18(11-12-22(23)33-16-19-20(27)9-6-10-21(19)28)14-24-25(30)29(26(31)34-24)15-17-7-4-3-5-8-17/h3-14H,2,15-16H2,1H3/b24-14-. The molecule has 0 bridgehead atoms. The van der Waals surface area contributed by atoms with Gasteiger partial charge in [-0.2, -0.15) is 0 Å². The van der Waals surface area contributed by atoms with E-state index in [1.807, 2.05) is 37.3 Å². The Hall–Kier alpha value is -3.29. The summed E-state index contributed by atoms with van der Waals surface area (Å²) in [6.45, 7) is 2.37. The molecule has 5 nitrogen and oxygen atoms in total. The summed E-state index contributed by atoms with van der Waals surface area (Å²) < 4.78 is 25.5. The van der Waals surface area contributed by atoms with Gasteiger partial charge in [0.05, 0.1) is 23.1 Å². The summed E-state index contributed by atoms with van der Waals surface area (Å²) in [6.07, 6.45) is 1.65. The predicted molar refractivity (Wildman–Crippen MR) is 131 cm³/mol. The summed E-state index contributed by atoms with van der Waals surface area (Å²) in [4.78, 5) is 26.8. The van der Waals surface area contributed by atoms with Gasteiger partial charge in [0.1, 0.15) is 12.4 Å². The lowest BCUT2D eigenvalue weighted by Gasteiger charge is -2.14. The summed E-state index contributed by atoms with van der Waals surface area (Å²) >= 11 is 6.98. The minimum atomic E-state index is -0.451. The summed E-state index contributed by atoms with van der Waals surface area (Å²) in [5.74, 6) is 0.0577. The maximum Gasteiger partial charge on any atom is 0.293 e. The molecule has 3 aromatic rings. The van der Waals surface area contributed by atoms with Gasteiger partial charge in [0.25, 0.3) is 11.1 Å². The molecule has 0 unspecified atom stereocenters. The number of benzene rings is 3. The third-order valence-corrected chi connectivity index (χ3v) is 6.32. The highest BCUT2D eigenvalue weighted by molar-refractivity contribution is 8.18. The van der Waals surface area contributed by atoms with Crippen molar-refractivity contribution in [2.45, 2.75) is 20.1 Å². The fourth-order valence-electron chi connectivity index (χ4n) is 3.38. The lowest BCUT2D eigenvalue weighted by atomic mass is 10.1. The molecular formula is C26H21ClFNO4S. The van der Waals surface area contributed by atoms with E-state index in [0.717, 1.165) is 17.3 Å². The first-order valence-electron chi connectivity index (χ1n) is 10.6. The maximum absolute atomic E-state index is 14.1. The van der Waals surface area contributed by atoms with Crippen LogP contribution in [0.25, 0.3) is 6.08 Å². The first kappa shape index (κ1) is 23.9. The van der Waals surface area contributed by atoms with Crippen LogP contribution in [-0.2, 0) is 17.9 Å². The average Bonchev–Trinajstić information content (AvgIpc) is 3.08. The van der Waals surface area contributed by atoms with Gasteiger partial charge in [-0.1, -0.05) is 54.1 Å². The highest BCUT2D eigenvalue weighted by Gasteiger charge is 2.35. The molecular weight excluding hydrogens is 477 g/mol. The normalized spacial score (nSPS) is 14.7. The molecule has 0 aromatic heterocycles. The SMILES string of the molecule is CCOc1cc(/C=C2\SC(=O)N(Cc3ccccc3)C2=O)ccc1OCc1c(F)cccc1Cl. The molecule has 3 aromatic carbocycles. The second kappa shape index (κ2) is 10.8. The van der Waals surface area contributed by atoms with Crippen LogP contribution in [0.4, 0.5) is 9.18 Å². The van der Waals surface area contributed by atoms with Crippen molar-refractivity contribution in [3.05, 3.63) is 99.2 Å². The number of imide groups is 1. The fraction of sp³-hybridized carbons (Fsp3) is 0.154. The van der Waals surface area contributed by atoms with Crippen molar-refractivity contribution in [3.63, 3.8) is 0 Å². The lowest BCUT2D eigenvalue weighted by molar-refractivity contribution is -0.123. The molecule has 1 heterocycles. The van der Waals surface area contributed by atoms with E-state index in [9.17, 15) is 14.0 Å². The molecule has 0 radical (unpaired) electrons. The zero-order valence-corrected chi connectivity index (χ0v) is 19.9. The van der Waals surface area contributed by atoms with Gasteiger partial charge in [-0.05, 0) is 60.2 Å². The van der Waals surface area contributed by atoms with Crippen molar-refractivity contribution >= 4 is 40.6 Å². The number of amides is 2. The Labute approximate surface area is 206 Å². The van der Waals surface area contributed by atoms with Crippen LogP contribution >= 0.6 is 23.4 Å². The summed E-state index contributed by atoms with van der Waals surface area (Å²) in [5.41, 5.74) is 1.80. The van der Waals surface area contributed by atoms with Crippen molar-refractivity contribution < 1.29 is 23.5 Å². The molecule has 1 aliphatic heterocycles. The van der Waals surface area contributed by atoms with Gasteiger partial charge in [0, 0.05) is 5.56 Å². The number of carbonyl (C=O) groups is 2. The molecule has 1 aliphatic rings. The molecule has 1 saturated heterocycles. The largest absolute Gasteiger partial charge is 0.490 e. The Kier molecular flexibility index (Phi) is 7.55. The van der Waals surface area contributed by atoms with Crippen molar-refractivity contribution in [2.75, 3.05) is 6.61 Å². The van der Waals surface area contributed by atoms with E-state index in [4.69, 9.17) is 21.1 Å². The van der Waals surface area contributed by atoms with E-state index >= 15 is 0 Å². The van der Waals surface area contributed by atoms with Crippen LogP contribution in [0.2, 0.25) is 5.02 Å². The van der Waals surface area contributed by atoms with Gasteiger partial charge in [-0.15, -0.1) is 0 Å². The molecule has 174 valence electrons. The smallest absolute Gasteiger partial charge is 0.293 e. The molecule has 4 rings (SSSR count). The van der Waals surface area contributed by atoms with E-state index in [1.165, 1.54) is 17.0 Å². The van der Waals surface area contributed by atoms with Crippen LogP contribution in [0.3, 0.4) is 0 Å². The van der Waals surface area contributed by atoms with Gasteiger partial charge in [0.2, 0.25) is 0 Å². The highest BCUT2D eigenvalue weighted by Crippen LogP contribution is 2.36. The van der Waals surface area contributed by atoms with E-state index < -0.39 is 5.82 Å². The zero-order chi connectivity index (χ0) is 24.1. The van der Waals surface area contributed by atoms with Gasteiger partial charge in [-0.25, -0.2) is 4.39 Å². The minimum Gasteiger partial charge on any atom is -0.490 e. The van der Waals surface area contributed by atoms with E-state index in [-0.39, 0.29) is 34.9 Å². The summed E-state index contributed by atoms with van der Waals surface area (Å²) in [7, 11) is 0. The second-order valence-electron chi connectivity index (χ2n) is 7.38. The van der Waals surface area contributed by atoms with Crippen molar-refractivity contribution in [2.24, 2.45) is 0 Å². The molecule has 0 atom stereocenters. The minimum absolute atomic E-state index is 0.0662. The van der Waals surface area contributed by atoms with Gasteiger partial charge < -0.3 is 9.47 Å². The predicted octanol–water partition coefficient (Wildman–Crippen LogP) is 6.69. The number of hydrogen-bond acceptors (Lipinski definition) is 5. The topological polar surface area (TPSA) is 55.8 Å². The second-order valence-corrected chi connectivity index (χ2v) is 8.78. The van der Waals surface area contributed by atoms with E-state index in [2.05, 4.69) is 0 Å². The Morgan fingerprint density at radius 3 is 2.53 bits per heavy atom. The van der Waals surface area contributed by atoms with E-state index in [0.29, 0.717) is 28.6 Å². The van der Waals surface area contributed by atoms with Gasteiger partial charge in [-0.3, -0.25) is 14.5 Å². The first-order valence-corrected chi connectivity index (χ1v) is 11.8. The molecule has 2 amide bonds. The molecule has 0 spiro atoms. The molecule has 0 N–H and O–H groups in total. The van der Waals surface area contributed by atoms with Gasteiger partial charge in [0.15, 0.2) is 11.5 Å². The van der Waals surface area contributed by atoms with Crippen molar-refractivity contribution in [1.29, 1.82) is 0 Å². The molecule has 0 aliphatic carbocycles. The van der Waals surface area contributed by atoms with Crippen LogP contribution < -0.4 is 9.47 Å². The maximum atomic E-state index is 14.1. The number of ether oxygens (including phenoxy) is 2. The summed E-state index contributed by atoms with van der Waals surface area (Å²) in [6, 6.07) is 18.9. The molecule has 1 fully saturated rings. The summed E-state index contributed by atoms with van der Waals surface area (Å²) in [5, 5.41) is -0.0346.